The van der Waals surface area contributed by atoms with E-state index in [4.69, 9.17) is 14.2 Å². The SMILES string of the molecule is CCOC(=O)[C@]12c3ccc(N(CC)CC)cc3O[C@H]1CC(=O)C[C@H]2OC. The average Bonchev–Trinajstić information content (AvgIpc) is 2.96. The molecule has 0 amide bonds. The lowest BCUT2D eigenvalue weighted by Gasteiger charge is -2.40. The molecule has 0 bridgehead atoms. The van der Waals surface area contributed by atoms with Gasteiger partial charge in [0.15, 0.2) is 5.41 Å². The number of benzene rings is 1. The quantitative estimate of drug-likeness (QED) is 0.725. The number of nitrogens with zero attached hydrogens (tertiary/aromatic N) is 1. The number of esters is 1. The van der Waals surface area contributed by atoms with Crippen molar-refractivity contribution in [2.45, 2.75) is 51.2 Å². The van der Waals surface area contributed by atoms with E-state index < -0.39 is 17.6 Å². The molecule has 1 aliphatic carbocycles. The maximum atomic E-state index is 13.1. The molecule has 142 valence electrons. The van der Waals surface area contributed by atoms with Crippen molar-refractivity contribution in [1.29, 1.82) is 0 Å². The largest absolute Gasteiger partial charge is 0.488 e. The van der Waals surface area contributed by atoms with Crippen LogP contribution < -0.4 is 9.64 Å². The van der Waals surface area contributed by atoms with Gasteiger partial charge in [-0.05, 0) is 26.8 Å². The lowest BCUT2D eigenvalue weighted by molar-refractivity contribution is -0.165. The van der Waals surface area contributed by atoms with Crippen molar-refractivity contribution >= 4 is 17.4 Å². The smallest absolute Gasteiger partial charge is 0.323 e. The Bertz CT molecular complexity index is 699. The monoisotopic (exact) mass is 361 g/mol. The molecule has 3 atom stereocenters. The lowest BCUT2D eigenvalue weighted by atomic mass is 9.66. The zero-order chi connectivity index (χ0) is 18.9. The van der Waals surface area contributed by atoms with Crippen LogP contribution in [-0.2, 0) is 24.5 Å². The van der Waals surface area contributed by atoms with E-state index in [-0.39, 0.29) is 31.2 Å². The molecule has 1 aliphatic heterocycles. The van der Waals surface area contributed by atoms with Gasteiger partial charge in [-0.2, -0.15) is 0 Å². The molecule has 2 aliphatic rings. The highest BCUT2D eigenvalue weighted by atomic mass is 16.6. The van der Waals surface area contributed by atoms with E-state index in [1.807, 2.05) is 18.2 Å². The molecule has 1 aromatic rings. The fourth-order valence-corrected chi connectivity index (χ4v) is 4.29. The first-order valence-corrected chi connectivity index (χ1v) is 9.30. The molecule has 0 spiro atoms. The Morgan fingerprint density at radius 2 is 2.00 bits per heavy atom. The van der Waals surface area contributed by atoms with Crippen molar-refractivity contribution in [3.63, 3.8) is 0 Å². The summed E-state index contributed by atoms with van der Waals surface area (Å²) >= 11 is 0. The number of methoxy groups -OCH3 is 1. The van der Waals surface area contributed by atoms with Crippen LogP contribution in [0.15, 0.2) is 18.2 Å². The van der Waals surface area contributed by atoms with Gasteiger partial charge in [-0.3, -0.25) is 9.59 Å². The van der Waals surface area contributed by atoms with Crippen LogP contribution >= 0.6 is 0 Å². The van der Waals surface area contributed by atoms with Crippen LogP contribution in [0.4, 0.5) is 5.69 Å². The molecular formula is C20H27NO5. The van der Waals surface area contributed by atoms with Gasteiger partial charge in [-0.1, -0.05) is 6.07 Å². The van der Waals surface area contributed by atoms with Crippen molar-refractivity contribution in [1.82, 2.24) is 0 Å². The number of ether oxygens (including phenoxy) is 3. The Morgan fingerprint density at radius 3 is 2.62 bits per heavy atom. The van der Waals surface area contributed by atoms with Crippen molar-refractivity contribution in [3.8, 4) is 5.75 Å². The highest BCUT2D eigenvalue weighted by Gasteiger charge is 2.64. The summed E-state index contributed by atoms with van der Waals surface area (Å²) in [5.41, 5.74) is 0.707. The number of hydrogen-bond donors (Lipinski definition) is 0. The minimum atomic E-state index is -1.09. The molecule has 0 aromatic heterocycles. The van der Waals surface area contributed by atoms with Gasteiger partial charge in [0.1, 0.15) is 17.6 Å². The molecule has 6 heteroatoms. The van der Waals surface area contributed by atoms with Crippen LogP contribution in [0.25, 0.3) is 0 Å². The molecule has 1 aromatic carbocycles. The van der Waals surface area contributed by atoms with Crippen molar-refractivity contribution in [2.24, 2.45) is 0 Å². The summed E-state index contributed by atoms with van der Waals surface area (Å²) in [4.78, 5) is 27.5. The average molecular weight is 361 g/mol. The molecular weight excluding hydrogens is 334 g/mol. The fraction of sp³-hybridized carbons (Fsp3) is 0.600. The number of ketones is 1. The molecule has 0 unspecified atom stereocenters. The van der Waals surface area contributed by atoms with Crippen molar-refractivity contribution in [3.05, 3.63) is 23.8 Å². The Balaban J connectivity index is 2.13. The van der Waals surface area contributed by atoms with Gasteiger partial charge in [0.2, 0.25) is 0 Å². The van der Waals surface area contributed by atoms with E-state index >= 15 is 0 Å². The number of carbonyl (C=O) groups excluding carboxylic acids is 2. The Hall–Kier alpha value is -2.08. The Labute approximate surface area is 154 Å². The Morgan fingerprint density at radius 1 is 1.27 bits per heavy atom. The molecule has 6 nitrogen and oxygen atoms in total. The number of Topliss-reactive ketones (excluding diaryl/α,β-unsaturated/α-hetero) is 1. The predicted octanol–water partition coefficient (Wildman–Crippen LogP) is 2.47. The first kappa shape index (κ1) is 18.7. The predicted molar refractivity (Wildman–Crippen MR) is 97.8 cm³/mol. The van der Waals surface area contributed by atoms with Crippen LogP contribution in [0.2, 0.25) is 0 Å². The standard InChI is InChI=1S/C20H27NO5/c1-5-21(6-2)13-8-9-15-16(10-13)26-18-12-14(22)11-17(24-4)20(15,18)19(23)25-7-3/h8-10,17-18H,5-7,11-12H2,1-4H3/t17-,18+,20+/m1/s1. The summed E-state index contributed by atoms with van der Waals surface area (Å²) in [6, 6.07) is 5.89. The number of carbonyl (C=O) groups is 2. The second-order valence-corrected chi connectivity index (χ2v) is 6.72. The molecule has 1 heterocycles. The van der Waals surface area contributed by atoms with Gasteiger partial charge in [-0.15, -0.1) is 0 Å². The van der Waals surface area contributed by atoms with Gasteiger partial charge in [0.25, 0.3) is 0 Å². The summed E-state index contributed by atoms with van der Waals surface area (Å²) in [6.45, 7) is 7.99. The first-order chi connectivity index (χ1) is 12.5. The highest BCUT2D eigenvalue weighted by Crippen LogP contribution is 2.52. The molecule has 0 radical (unpaired) electrons. The van der Waals surface area contributed by atoms with Crippen LogP contribution in [-0.4, -0.2) is 50.8 Å². The first-order valence-electron chi connectivity index (χ1n) is 9.30. The molecule has 26 heavy (non-hydrogen) atoms. The van der Waals surface area contributed by atoms with E-state index in [0.29, 0.717) is 5.75 Å². The molecule has 0 N–H and O–H groups in total. The van der Waals surface area contributed by atoms with Crippen LogP contribution in [0.1, 0.15) is 39.2 Å². The lowest BCUT2D eigenvalue weighted by Crippen LogP contribution is -2.59. The third-order valence-electron chi connectivity index (χ3n) is 5.55. The minimum absolute atomic E-state index is 0.0403. The fourth-order valence-electron chi connectivity index (χ4n) is 4.29. The maximum absolute atomic E-state index is 13.1. The second kappa shape index (κ2) is 7.27. The summed E-state index contributed by atoms with van der Waals surface area (Å²) in [5.74, 6) is 0.307. The van der Waals surface area contributed by atoms with E-state index in [1.165, 1.54) is 7.11 Å². The van der Waals surface area contributed by atoms with Crippen molar-refractivity contribution in [2.75, 3.05) is 31.7 Å². The third-order valence-corrected chi connectivity index (χ3v) is 5.55. The third kappa shape index (κ3) is 2.67. The zero-order valence-electron chi connectivity index (χ0n) is 15.9. The molecule has 3 rings (SSSR count). The minimum Gasteiger partial charge on any atom is -0.488 e. The summed E-state index contributed by atoms with van der Waals surface area (Å²) in [5, 5.41) is 0. The number of hydrogen-bond acceptors (Lipinski definition) is 6. The molecule has 1 fully saturated rings. The van der Waals surface area contributed by atoms with E-state index in [1.54, 1.807) is 6.92 Å². The topological polar surface area (TPSA) is 65.1 Å². The van der Waals surface area contributed by atoms with Gasteiger partial charge >= 0.3 is 5.97 Å². The van der Waals surface area contributed by atoms with E-state index in [2.05, 4.69) is 18.7 Å². The number of anilines is 1. The van der Waals surface area contributed by atoms with E-state index in [9.17, 15) is 9.59 Å². The van der Waals surface area contributed by atoms with Gasteiger partial charge in [0, 0.05) is 50.4 Å². The normalized spacial score (nSPS) is 26.7. The second-order valence-electron chi connectivity index (χ2n) is 6.72. The molecule has 0 saturated heterocycles. The summed E-state index contributed by atoms with van der Waals surface area (Å²) in [6.07, 6.45) is -0.802. The highest BCUT2D eigenvalue weighted by molar-refractivity contribution is 5.93. The number of fused-ring (bicyclic) bond motifs is 3. The van der Waals surface area contributed by atoms with Gasteiger partial charge in [0.05, 0.1) is 12.7 Å². The summed E-state index contributed by atoms with van der Waals surface area (Å²) in [7, 11) is 1.53. The zero-order valence-corrected chi connectivity index (χ0v) is 15.9. The number of rotatable bonds is 6. The van der Waals surface area contributed by atoms with Gasteiger partial charge < -0.3 is 19.1 Å². The van der Waals surface area contributed by atoms with Gasteiger partial charge in [-0.25, -0.2) is 0 Å². The van der Waals surface area contributed by atoms with E-state index in [0.717, 1.165) is 24.3 Å². The molecule has 1 saturated carbocycles. The maximum Gasteiger partial charge on any atom is 0.323 e. The Kier molecular flexibility index (Phi) is 5.23. The van der Waals surface area contributed by atoms with Crippen LogP contribution in [0.3, 0.4) is 0 Å². The van der Waals surface area contributed by atoms with Crippen molar-refractivity contribution < 1.29 is 23.8 Å². The van der Waals surface area contributed by atoms with Crippen LogP contribution in [0, 0.1) is 0 Å². The van der Waals surface area contributed by atoms with Crippen LogP contribution in [0.5, 0.6) is 5.75 Å². The summed E-state index contributed by atoms with van der Waals surface area (Å²) < 4.78 is 17.2.